The highest BCUT2D eigenvalue weighted by Gasteiger charge is 2.37. The normalized spacial score (nSPS) is 17.1. The number of carbonyl (C=O) groups is 2. The van der Waals surface area contributed by atoms with E-state index in [1.54, 1.807) is 25.6 Å². The lowest BCUT2D eigenvalue weighted by Crippen LogP contribution is -2.59. The van der Waals surface area contributed by atoms with Crippen LogP contribution in [-0.4, -0.2) is 69.7 Å². The van der Waals surface area contributed by atoms with E-state index in [9.17, 15) is 19.8 Å². The number of rotatable bonds is 15. The van der Waals surface area contributed by atoms with Crippen molar-refractivity contribution in [2.45, 2.75) is 54.9 Å². The minimum atomic E-state index is -2.13. The lowest BCUT2D eigenvalue weighted by atomic mass is 10.1. The van der Waals surface area contributed by atoms with Crippen LogP contribution in [0.5, 0.6) is 0 Å². The number of thioether (sulfide) groups is 2. The highest BCUT2D eigenvalue weighted by atomic mass is 32.2. The number of amides is 1. The topological polar surface area (TPSA) is 174 Å². The molecule has 0 aliphatic rings. The molecule has 204 valence electrons. The molecule has 5 unspecified atom stereocenters. The van der Waals surface area contributed by atoms with Crippen LogP contribution in [0.25, 0.3) is 0 Å². The number of hydrogen-bond acceptors (Lipinski definition) is 10. The molecule has 5 atom stereocenters. The van der Waals surface area contributed by atoms with Crippen LogP contribution in [0.3, 0.4) is 0 Å². The molecular weight excluding hydrogens is 512 g/mol. The van der Waals surface area contributed by atoms with E-state index < -0.39 is 41.4 Å². The van der Waals surface area contributed by atoms with Crippen molar-refractivity contribution in [3.8, 4) is 0 Å². The Hall–Kier alpha value is -2.12. The Morgan fingerprint density at radius 2 is 1.38 bits per heavy atom. The van der Waals surface area contributed by atoms with Gasteiger partial charge < -0.3 is 31.7 Å². The summed E-state index contributed by atoms with van der Waals surface area (Å²) in [5, 5.41) is 22.8. The molecule has 0 saturated carbocycles. The van der Waals surface area contributed by atoms with Crippen molar-refractivity contribution < 1.29 is 24.5 Å². The third kappa shape index (κ3) is 11.0. The molecule has 0 aromatic heterocycles. The van der Waals surface area contributed by atoms with Gasteiger partial charge in [-0.2, -0.15) is 23.5 Å². The largest absolute Gasteiger partial charge is 0.443 e. The van der Waals surface area contributed by atoms with E-state index in [0.717, 1.165) is 16.9 Å². The molecule has 0 radical (unpaired) electrons. The van der Waals surface area contributed by atoms with Gasteiger partial charge in [-0.05, 0) is 25.0 Å². The van der Waals surface area contributed by atoms with Crippen LogP contribution in [0, 0.1) is 0 Å². The Morgan fingerprint density at radius 3 is 1.89 bits per heavy atom. The maximum absolute atomic E-state index is 12.3. The molecule has 11 heteroatoms. The maximum Gasteiger partial charge on any atom is 0.339 e. The molecule has 0 aliphatic carbocycles. The fraction of sp³-hybridized carbons (Fsp3) is 0.462. The van der Waals surface area contributed by atoms with Gasteiger partial charge in [-0.25, -0.2) is 4.79 Å². The zero-order valence-corrected chi connectivity index (χ0v) is 22.8. The molecule has 2 rings (SSSR count). The van der Waals surface area contributed by atoms with E-state index in [1.165, 1.54) is 11.8 Å². The highest BCUT2D eigenvalue weighted by molar-refractivity contribution is 7.98. The second-order valence-corrected chi connectivity index (χ2v) is 11.6. The molecule has 0 saturated heterocycles. The first kappa shape index (κ1) is 31.1. The van der Waals surface area contributed by atoms with Crippen LogP contribution in [0.15, 0.2) is 60.7 Å². The van der Waals surface area contributed by atoms with Gasteiger partial charge in [-0.15, -0.1) is 0 Å². The Morgan fingerprint density at radius 1 is 0.892 bits per heavy atom. The molecule has 0 spiro atoms. The quantitative estimate of drug-likeness (QED) is 0.138. The average Bonchev–Trinajstić information content (AvgIpc) is 2.87. The highest BCUT2D eigenvalue weighted by Crippen LogP contribution is 2.20. The molecule has 0 bridgehead atoms. The summed E-state index contributed by atoms with van der Waals surface area (Å²) in [6, 6.07) is 19.7. The summed E-state index contributed by atoms with van der Waals surface area (Å²) < 4.78 is 5.07. The predicted molar refractivity (Wildman–Crippen MR) is 149 cm³/mol. The average molecular weight is 551 g/mol. The molecule has 1 amide bonds. The van der Waals surface area contributed by atoms with Crippen molar-refractivity contribution in [3.05, 3.63) is 71.8 Å². The third-order valence-electron chi connectivity index (χ3n) is 5.44. The number of hydrogen-bond donors (Lipinski definition) is 6. The van der Waals surface area contributed by atoms with E-state index in [0.29, 0.717) is 17.3 Å². The molecule has 0 heterocycles. The third-order valence-corrected chi connectivity index (χ3v) is 8.20. The number of ether oxygens (including phenoxy) is 1. The SMILES string of the molecule is CC(N)(CNC(=O)C(O)C(O)C(=O)OC(N)C(C)(N)CSCc1ccccc1)CSCc1ccccc1. The Balaban J connectivity index is 1.75. The van der Waals surface area contributed by atoms with Crippen LogP contribution in [0.1, 0.15) is 25.0 Å². The minimum Gasteiger partial charge on any atom is -0.443 e. The summed E-state index contributed by atoms with van der Waals surface area (Å²) in [5.74, 6) is 0.174. The first-order chi connectivity index (χ1) is 17.4. The minimum absolute atomic E-state index is 0.0332. The predicted octanol–water partition coefficient (Wildman–Crippen LogP) is 0.954. The number of aliphatic hydroxyl groups excluding tert-OH is 2. The number of carbonyl (C=O) groups excluding carboxylic acids is 2. The summed E-state index contributed by atoms with van der Waals surface area (Å²) in [6.07, 6.45) is -5.44. The number of nitrogens with two attached hydrogens (primary N) is 3. The van der Waals surface area contributed by atoms with E-state index in [-0.39, 0.29) is 6.54 Å². The summed E-state index contributed by atoms with van der Waals surface area (Å²) in [4.78, 5) is 24.7. The van der Waals surface area contributed by atoms with Crippen molar-refractivity contribution in [3.63, 3.8) is 0 Å². The number of benzene rings is 2. The zero-order chi connectivity index (χ0) is 27.5. The van der Waals surface area contributed by atoms with Crippen LogP contribution in [0.2, 0.25) is 0 Å². The van der Waals surface area contributed by atoms with Crippen molar-refractivity contribution in [1.82, 2.24) is 5.32 Å². The maximum atomic E-state index is 12.3. The summed E-state index contributed by atoms with van der Waals surface area (Å²) >= 11 is 3.12. The van der Waals surface area contributed by atoms with Gasteiger partial charge in [0.15, 0.2) is 18.4 Å². The Labute approximate surface area is 226 Å². The molecule has 0 aliphatic heterocycles. The number of aliphatic hydroxyl groups is 2. The molecule has 37 heavy (non-hydrogen) atoms. The van der Waals surface area contributed by atoms with E-state index in [1.807, 2.05) is 60.7 Å². The van der Waals surface area contributed by atoms with Gasteiger partial charge in [-0.3, -0.25) is 10.5 Å². The molecule has 9 N–H and O–H groups in total. The summed E-state index contributed by atoms with van der Waals surface area (Å²) in [5.41, 5.74) is 18.8. The fourth-order valence-electron chi connectivity index (χ4n) is 3.07. The van der Waals surface area contributed by atoms with Crippen molar-refractivity contribution in [2.24, 2.45) is 17.2 Å². The number of nitrogens with one attached hydrogen (secondary N) is 1. The molecule has 9 nitrogen and oxygen atoms in total. The van der Waals surface area contributed by atoms with Gasteiger partial charge >= 0.3 is 5.97 Å². The lowest BCUT2D eigenvalue weighted by molar-refractivity contribution is -0.170. The number of esters is 1. The second-order valence-electron chi connectivity index (χ2n) is 9.58. The van der Waals surface area contributed by atoms with Crippen molar-refractivity contribution >= 4 is 35.4 Å². The second kappa shape index (κ2) is 14.7. The van der Waals surface area contributed by atoms with Gasteiger partial charge in [0.05, 0.1) is 5.54 Å². The molecule has 2 aromatic rings. The lowest BCUT2D eigenvalue weighted by Gasteiger charge is -2.31. The Bertz CT molecular complexity index is 979. The Kier molecular flexibility index (Phi) is 12.4. The van der Waals surface area contributed by atoms with Gasteiger partial charge in [0, 0.05) is 35.1 Å². The standard InChI is InChI=1S/C26H38N4O5S2/c1-25(28,16-36-13-18-9-5-3-6-10-18)15-30-22(33)20(31)21(32)23(34)35-24(27)26(2,29)17-37-14-19-11-7-4-8-12-19/h3-12,20-21,24,31-32H,13-17,27-29H2,1-2H3,(H,30,33). The monoisotopic (exact) mass is 550 g/mol. The van der Waals surface area contributed by atoms with Crippen LogP contribution >= 0.6 is 23.5 Å². The van der Waals surface area contributed by atoms with E-state index in [4.69, 9.17) is 21.9 Å². The van der Waals surface area contributed by atoms with E-state index in [2.05, 4.69) is 5.32 Å². The van der Waals surface area contributed by atoms with Crippen LogP contribution < -0.4 is 22.5 Å². The first-order valence-corrected chi connectivity index (χ1v) is 14.1. The fourth-order valence-corrected chi connectivity index (χ4v) is 5.30. The molecule has 2 aromatic carbocycles. The molecule has 0 fully saturated rings. The van der Waals surface area contributed by atoms with Gasteiger partial charge in [0.1, 0.15) is 0 Å². The van der Waals surface area contributed by atoms with E-state index >= 15 is 0 Å². The smallest absolute Gasteiger partial charge is 0.339 e. The van der Waals surface area contributed by atoms with Crippen LogP contribution in [0.4, 0.5) is 0 Å². The molecular formula is C26H38N4O5S2. The first-order valence-electron chi connectivity index (χ1n) is 11.8. The van der Waals surface area contributed by atoms with Crippen molar-refractivity contribution in [2.75, 3.05) is 18.1 Å². The van der Waals surface area contributed by atoms with Crippen LogP contribution in [-0.2, 0) is 25.8 Å². The van der Waals surface area contributed by atoms with Gasteiger partial charge in [0.2, 0.25) is 0 Å². The summed E-state index contributed by atoms with van der Waals surface area (Å²) in [6.45, 7) is 3.42. The van der Waals surface area contributed by atoms with Gasteiger partial charge in [-0.1, -0.05) is 60.7 Å². The van der Waals surface area contributed by atoms with Gasteiger partial charge in [0.25, 0.3) is 5.91 Å². The van der Waals surface area contributed by atoms with Crippen molar-refractivity contribution in [1.29, 1.82) is 0 Å². The zero-order valence-electron chi connectivity index (χ0n) is 21.2. The summed E-state index contributed by atoms with van der Waals surface area (Å²) in [7, 11) is 0.